The molecule has 0 aliphatic carbocycles. The van der Waals surface area contributed by atoms with E-state index in [0.717, 1.165) is 49.3 Å². The fraction of sp³-hybridized carbons (Fsp3) is 0.367. The number of nitrogens with zero attached hydrogens (tertiary/aromatic N) is 2. The highest BCUT2D eigenvalue weighted by Crippen LogP contribution is 2.48. The third-order valence-corrected chi connectivity index (χ3v) is 7.65. The van der Waals surface area contributed by atoms with Crippen LogP contribution < -0.4 is 4.90 Å². The van der Waals surface area contributed by atoms with Crippen molar-refractivity contribution in [1.82, 2.24) is 4.90 Å². The summed E-state index contributed by atoms with van der Waals surface area (Å²) in [7, 11) is 0. The summed E-state index contributed by atoms with van der Waals surface area (Å²) in [6.07, 6.45) is 4.76. The number of carbonyl (C=O) groups is 1. The average Bonchev–Trinajstić information content (AvgIpc) is 3.19. The summed E-state index contributed by atoms with van der Waals surface area (Å²) in [5.74, 6) is -0.106. The largest absolute Gasteiger partial charge is 0.310 e. The summed E-state index contributed by atoms with van der Waals surface area (Å²) in [4.78, 5) is 19.0. The molecule has 5 rings (SSSR count). The molecule has 1 fully saturated rings. The van der Waals surface area contributed by atoms with Crippen molar-refractivity contribution in [3.05, 3.63) is 102 Å². The molecule has 0 unspecified atom stereocenters. The lowest BCUT2D eigenvalue weighted by Crippen LogP contribution is -2.46. The number of anilines is 1. The van der Waals surface area contributed by atoms with Gasteiger partial charge in [-0.05, 0) is 61.7 Å². The van der Waals surface area contributed by atoms with E-state index in [2.05, 4.69) is 65.3 Å². The summed E-state index contributed by atoms with van der Waals surface area (Å²) < 4.78 is 0. The minimum Gasteiger partial charge on any atom is -0.310 e. The molecule has 1 spiro atoms. The molecule has 2 aliphatic rings. The molecule has 0 N–H and O–H groups in total. The highest BCUT2D eigenvalue weighted by Gasteiger charge is 2.47. The van der Waals surface area contributed by atoms with Gasteiger partial charge in [0.2, 0.25) is 5.91 Å². The minimum atomic E-state index is -0.291. The zero-order valence-corrected chi connectivity index (χ0v) is 19.6. The Labute approximate surface area is 198 Å². The molecule has 2 aliphatic heterocycles. The Kier molecular flexibility index (Phi) is 6.32. The van der Waals surface area contributed by atoms with E-state index in [9.17, 15) is 4.79 Å². The summed E-state index contributed by atoms with van der Waals surface area (Å²) in [5.41, 5.74) is 4.67. The van der Waals surface area contributed by atoms with Crippen molar-refractivity contribution in [2.75, 3.05) is 31.1 Å². The number of hydrogen-bond donors (Lipinski definition) is 0. The Morgan fingerprint density at radius 2 is 1.42 bits per heavy atom. The van der Waals surface area contributed by atoms with E-state index in [0.29, 0.717) is 0 Å². The summed E-state index contributed by atoms with van der Waals surface area (Å²) in [6, 6.07) is 29.1. The van der Waals surface area contributed by atoms with Gasteiger partial charge < -0.3 is 9.80 Å². The lowest BCUT2D eigenvalue weighted by Gasteiger charge is -2.40. The maximum atomic E-state index is 14.3. The van der Waals surface area contributed by atoms with E-state index >= 15 is 0 Å². The van der Waals surface area contributed by atoms with Gasteiger partial charge in [-0.2, -0.15) is 0 Å². The Hall–Kier alpha value is -2.91. The van der Waals surface area contributed by atoms with Crippen LogP contribution in [0.1, 0.15) is 55.2 Å². The van der Waals surface area contributed by atoms with E-state index in [-0.39, 0.29) is 17.2 Å². The molecule has 3 aromatic carbocycles. The first-order valence-corrected chi connectivity index (χ1v) is 12.4. The van der Waals surface area contributed by atoms with Crippen LogP contribution >= 0.6 is 0 Å². The van der Waals surface area contributed by atoms with Crippen LogP contribution in [0.25, 0.3) is 0 Å². The molecule has 1 saturated heterocycles. The van der Waals surface area contributed by atoms with Crippen molar-refractivity contribution in [1.29, 1.82) is 0 Å². The molecular formula is C30H34N2O. The monoisotopic (exact) mass is 438 g/mol. The zero-order valence-electron chi connectivity index (χ0n) is 19.6. The van der Waals surface area contributed by atoms with Crippen LogP contribution in [0.15, 0.2) is 84.9 Å². The summed E-state index contributed by atoms with van der Waals surface area (Å²) in [6.45, 7) is 6.50. The predicted molar refractivity (Wildman–Crippen MR) is 136 cm³/mol. The average molecular weight is 439 g/mol. The van der Waals surface area contributed by atoms with Crippen LogP contribution in [0.2, 0.25) is 0 Å². The maximum absolute atomic E-state index is 14.3. The van der Waals surface area contributed by atoms with Crippen LogP contribution in [-0.4, -0.2) is 37.0 Å². The van der Waals surface area contributed by atoms with Crippen molar-refractivity contribution in [2.45, 2.75) is 43.9 Å². The van der Waals surface area contributed by atoms with E-state index < -0.39 is 0 Å². The molecule has 0 saturated carbocycles. The van der Waals surface area contributed by atoms with E-state index in [1.54, 1.807) is 0 Å². The standard InChI is InChI=1S/C30H34N2O/c1-2-3-20-31-21-18-30(19-22-31)23-32(27-17-11-10-16-26(27)30)29(33)28(24-12-6-4-7-13-24)25-14-8-5-9-15-25/h4-17,28H,2-3,18-23H2,1H3. The number of fused-ring (bicyclic) bond motifs is 2. The number of benzene rings is 3. The maximum Gasteiger partial charge on any atom is 0.239 e. The third kappa shape index (κ3) is 4.22. The van der Waals surface area contributed by atoms with E-state index in [1.165, 1.54) is 24.9 Å². The first-order chi connectivity index (χ1) is 16.2. The Bertz CT molecular complexity index is 1030. The second kappa shape index (κ2) is 9.52. The second-order valence-corrected chi connectivity index (χ2v) is 9.67. The lowest BCUT2D eigenvalue weighted by atomic mass is 9.74. The SMILES string of the molecule is CCCCN1CCC2(CC1)CN(C(=O)C(c1ccccc1)c1ccccc1)c1ccccc12. The van der Waals surface area contributed by atoms with Crippen LogP contribution in [0.5, 0.6) is 0 Å². The third-order valence-electron chi connectivity index (χ3n) is 7.65. The molecule has 2 heterocycles. The fourth-order valence-corrected chi connectivity index (χ4v) is 5.77. The highest BCUT2D eigenvalue weighted by atomic mass is 16.2. The van der Waals surface area contributed by atoms with Crippen molar-refractivity contribution in [2.24, 2.45) is 0 Å². The van der Waals surface area contributed by atoms with Gasteiger partial charge in [-0.3, -0.25) is 4.79 Å². The molecule has 0 atom stereocenters. The van der Waals surface area contributed by atoms with Crippen LogP contribution in [0.4, 0.5) is 5.69 Å². The summed E-state index contributed by atoms with van der Waals surface area (Å²) in [5, 5.41) is 0. The molecule has 0 bridgehead atoms. The molecule has 3 heteroatoms. The van der Waals surface area contributed by atoms with Crippen LogP contribution in [0.3, 0.4) is 0 Å². The highest BCUT2D eigenvalue weighted by molar-refractivity contribution is 6.02. The molecule has 3 aromatic rings. The van der Waals surface area contributed by atoms with Gasteiger partial charge in [-0.25, -0.2) is 0 Å². The number of unbranched alkanes of at least 4 members (excludes halogenated alkanes) is 1. The first kappa shape index (κ1) is 21.9. The topological polar surface area (TPSA) is 23.6 Å². The smallest absolute Gasteiger partial charge is 0.239 e. The second-order valence-electron chi connectivity index (χ2n) is 9.67. The van der Waals surface area contributed by atoms with Crippen molar-refractivity contribution >= 4 is 11.6 Å². The molecule has 1 amide bonds. The van der Waals surface area contributed by atoms with Gasteiger partial charge in [0, 0.05) is 17.6 Å². The predicted octanol–water partition coefficient (Wildman–Crippen LogP) is 6.00. The number of amides is 1. The van der Waals surface area contributed by atoms with Crippen molar-refractivity contribution in [3.8, 4) is 0 Å². The first-order valence-electron chi connectivity index (χ1n) is 12.4. The molecule has 3 nitrogen and oxygen atoms in total. The van der Waals surface area contributed by atoms with Gasteiger partial charge in [0.15, 0.2) is 0 Å². The number of carbonyl (C=O) groups excluding carboxylic acids is 1. The Morgan fingerprint density at radius 1 is 0.848 bits per heavy atom. The fourth-order valence-electron chi connectivity index (χ4n) is 5.77. The Morgan fingerprint density at radius 3 is 2.03 bits per heavy atom. The normalized spacial score (nSPS) is 17.5. The lowest BCUT2D eigenvalue weighted by molar-refractivity contribution is -0.119. The summed E-state index contributed by atoms with van der Waals surface area (Å²) >= 11 is 0. The minimum absolute atomic E-state index is 0.0763. The van der Waals surface area contributed by atoms with Crippen molar-refractivity contribution < 1.29 is 4.79 Å². The van der Waals surface area contributed by atoms with E-state index in [4.69, 9.17) is 0 Å². The molecule has 33 heavy (non-hydrogen) atoms. The number of para-hydroxylation sites is 1. The molecule has 0 radical (unpaired) electrons. The molecule has 0 aromatic heterocycles. The van der Waals surface area contributed by atoms with Gasteiger partial charge in [0.05, 0.1) is 5.92 Å². The van der Waals surface area contributed by atoms with Gasteiger partial charge in [0.1, 0.15) is 0 Å². The number of likely N-dealkylation sites (tertiary alicyclic amines) is 1. The van der Waals surface area contributed by atoms with Gasteiger partial charge in [-0.1, -0.05) is 92.2 Å². The van der Waals surface area contributed by atoms with E-state index in [1.807, 2.05) is 36.4 Å². The zero-order chi connectivity index (χ0) is 22.7. The Balaban J connectivity index is 1.47. The van der Waals surface area contributed by atoms with Crippen LogP contribution in [-0.2, 0) is 10.2 Å². The van der Waals surface area contributed by atoms with Gasteiger partial charge in [0.25, 0.3) is 0 Å². The van der Waals surface area contributed by atoms with Gasteiger partial charge in [-0.15, -0.1) is 0 Å². The van der Waals surface area contributed by atoms with Crippen LogP contribution in [0, 0.1) is 0 Å². The number of rotatable bonds is 6. The van der Waals surface area contributed by atoms with Gasteiger partial charge >= 0.3 is 0 Å². The number of piperidine rings is 1. The number of hydrogen-bond acceptors (Lipinski definition) is 2. The quantitative estimate of drug-likeness (QED) is 0.471. The molecular weight excluding hydrogens is 404 g/mol. The van der Waals surface area contributed by atoms with Crippen molar-refractivity contribution in [3.63, 3.8) is 0 Å². The molecule has 170 valence electrons.